The van der Waals surface area contributed by atoms with Crippen molar-refractivity contribution >= 4 is 5.97 Å². The highest BCUT2D eigenvalue weighted by Crippen LogP contribution is 2.27. The van der Waals surface area contributed by atoms with E-state index in [9.17, 15) is 4.79 Å². The van der Waals surface area contributed by atoms with Gasteiger partial charge in [0.15, 0.2) is 0 Å². The second-order valence-corrected chi connectivity index (χ2v) is 4.57. The monoisotopic (exact) mass is 228 g/mol. The minimum atomic E-state index is -0.159. The summed E-state index contributed by atoms with van der Waals surface area (Å²) >= 11 is 0. The highest BCUT2D eigenvalue weighted by atomic mass is 16.5. The first-order chi connectivity index (χ1) is 7.76. The molecule has 0 radical (unpaired) electrons. The van der Waals surface area contributed by atoms with Crippen LogP contribution in [0.15, 0.2) is 0 Å². The molecule has 16 heavy (non-hydrogen) atoms. The molecule has 1 rings (SSSR count). The Labute approximate surface area is 97.9 Å². The van der Waals surface area contributed by atoms with Crippen LogP contribution in [0.4, 0.5) is 0 Å². The Bertz CT molecular complexity index is 209. The van der Waals surface area contributed by atoms with Gasteiger partial charge in [0.05, 0.1) is 13.2 Å². The molecule has 1 aliphatic rings. The molecule has 0 spiro atoms. The van der Waals surface area contributed by atoms with Crippen molar-refractivity contribution in [2.45, 2.75) is 32.6 Å². The van der Waals surface area contributed by atoms with Crippen molar-refractivity contribution in [3.05, 3.63) is 0 Å². The molecule has 4 nitrogen and oxygen atoms in total. The molecule has 0 heterocycles. The Hall–Kier alpha value is -0.610. The zero-order valence-corrected chi connectivity index (χ0v) is 10.2. The molecule has 0 aromatic carbocycles. The summed E-state index contributed by atoms with van der Waals surface area (Å²) < 4.78 is 4.85. The number of hydrogen-bond acceptors (Lipinski definition) is 4. The first-order valence-corrected chi connectivity index (χ1v) is 6.32. The lowest BCUT2D eigenvalue weighted by atomic mass is 9.81. The van der Waals surface area contributed by atoms with Gasteiger partial charge in [-0.1, -0.05) is 6.42 Å². The van der Waals surface area contributed by atoms with E-state index in [1.807, 2.05) is 6.92 Å². The van der Waals surface area contributed by atoms with Crippen LogP contribution < -0.4 is 11.1 Å². The van der Waals surface area contributed by atoms with E-state index in [4.69, 9.17) is 10.5 Å². The molecule has 0 aliphatic heterocycles. The minimum absolute atomic E-state index is 0.159. The highest BCUT2D eigenvalue weighted by molar-refractivity contribution is 5.71. The predicted octanol–water partition coefficient (Wildman–Crippen LogP) is 0.904. The summed E-state index contributed by atoms with van der Waals surface area (Å²) in [4.78, 5) is 11.1. The fraction of sp³-hybridized carbons (Fsp3) is 0.917. The first-order valence-electron chi connectivity index (χ1n) is 6.32. The van der Waals surface area contributed by atoms with Gasteiger partial charge in [-0.25, -0.2) is 0 Å². The minimum Gasteiger partial charge on any atom is -0.465 e. The van der Waals surface area contributed by atoms with Crippen molar-refractivity contribution in [3.8, 4) is 0 Å². The van der Waals surface area contributed by atoms with E-state index in [1.165, 1.54) is 25.7 Å². The lowest BCUT2D eigenvalue weighted by Crippen LogP contribution is -2.33. The third-order valence-electron chi connectivity index (χ3n) is 3.23. The summed E-state index contributed by atoms with van der Waals surface area (Å²) in [5.74, 6) is 1.20. The SMILES string of the molecule is CCOC(=O)CNC[C@H]1CCC[C@@H](CN)C1. The van der Waals surface area contributed by atoms with Crippen LogP contribution in [0.1, 0.15) is 32.6 Å². The lowest BCUT2D eigenvalue weighted by molar-refractivity contribution is -0.142. The lowest BCUT2D eigenvalue weighted by Gasteiger charge is -2.28. The molecule has 0 amide bonds. The van der Waals surface area contributed by atoms with Crippen LogP contribution in [0.5, 0.6) is 0 Å². The van der Waals surface area contributed by atoms with Gasteiger partial charge in [0.1, 0.15) is 0 Å². The number of carbonyl (C=O) groups excluding carboxylic acids is 1. The molecular formula is C12H24N2O2. The second-order valence-electron chi connectivity index (χ2n) is 4.57. The molecular weight excluding hydrogens is 204 g/mol. The van der Waals surface area contributed by atoms with Gasteiger partial charge in [-0.3, -0.25) is 4.79 Å². The molecule has 94 valence electrons. The fourth-order valence-corrected chi connectivity index (χ4v) is 2.39. The van der Waals surface area contributed by atoms with Gasteiger partial charge >= 0.3 is 5.97 Å². The van der Waals surface area contributed by atoms with Crippen LogP contribution in [0.3, 0.4) is 0 Å². The standard InChI is InChI=1S/C12H24N2O2/c1-2-16-12(15)9-14-8-11-5-3-4-10(6-11)7-13/h10-11,14H,2-9,13H2,1H3/t10-,11+/m1/s1. The third kappa shape index (κ3) is 4.94. The largest absolute Gasteiger partial charge is 0.465 e. The van der Waals surface area contributed by atoms with E-state index in [-0.39, 0.29) is 5.97 Å². The zero-order chi connectivity index (χ0) is 11.8. The van der Waals surface area contributed by atoms with Crippen LogP contribution in [0.2, 0.25) is 0 Å². The quantitative estimate of drug-likeness (QED) is 0.663. The van der Waals surface area contributed by atoms with E-state index in [2.05, 4.69) is 5.32 Å². The van der Waals surface area contributed by atoms with E-state index < -0.39 is 0 Å². The maximum absolute atomic E-state index is 11.1. The first kappa shape index (κ1) is 13.5. The summed E-state index contributed by atoms with van der Waals surface area (Å²) in [7, 11) is 0. The van der Waals surface area contributed by atoms with Crippen LogP contribution >= 0.6 is 0 Å². The van der Waals surface area contributed by atoms with Gasteiger partial charge in [0, 0.05) is 0 Å². The number of nitrogens with one attached hydrogen (secondary N) is 1. The number of carbonyl (C=O) groups is 1. The fourth-order valence-electron chi connectivity index (χ4n) is 2.39. The molecule has 1 aliphatic carbocycles. The Morgan fingerprint density at radius 1 is 1.44 bits per heavy atom. The van der Waals surface area contributed by atoms with Crippen molar-refractivity contribution in [1.29, 1.82) is 0 Å². The van der Waals surface area contributed by atoms with Gasteiger partial charge in [-0.05, 0) is 51.1 Å². The molecule has 2 atom stereocenters. The average Bonchev–Trinajstić information content (AvgIpc) is 2.30. The molecule has 1 fully saturated rings. The molecule has 3 N–H and O–H groups in total. The Morgan fingerprint density at radius 2 is 2.19 bits per heavy atom. The predicted molar refractivity (Wildman–Crippen MR) is 64.0 cm³/mol. The molecule has 0 aromatic rings. The molecule has 4 heteroatoms. The number of hydrogen-bond donors (Lipinski definition) is 2. The summed E-state index contributed by atoms with van der Waals surface area (Å²) in [5.41, 5.74) is 5.69. The van der Waals surface area contributed by atoms with Crippen LogP contribution in [-0.4, -0.2) is 32.2 Å². The van der Waals surface area contributed by atoms with Crippen molar-refractivity contribution in [3.63, 3.8) is 0 Å². The summed E-state index contributed by atoms with van der Waals surface area (Å²) in [6.07, 6.45) is 5.00. The maximum atomic E-state index is 11.1. The van der Waals surface area contributed by atoms with E-state index in [0.717, 1.165) is 13.1 Å². The van der Waals surface area contributed by atoms with Crippen LogP contribution in [-0.2, 0) is 9.53 Å². The Morgan fingerprint density at radius 3 is 2.88 bits per heavy atom. The smallest absolute Gasteiger partial charge is 0.319 e. The molecule has 1 saturated carbocycles. The molecule has 0 bridgehead atoms. The molecule has 0 saturated heterocycles. The highest BCUT2D eigenvalue weighted by Gasteiger charge is 2.20. The van der Waals surface area contributed by atoms with E-state index in [1.54, 1.807) is 0 Å². The topological polar surface area (TPSA) is 64.3 Å². The number of rotatable bonds is 6. The van der Waals surface area contributed by atoms with Crippen molar-refractivity contribution in [2.24, 2.45) is 17.6 Å². The van der Waals surface area contributed by atoms with Gasteiger partial charge < -0.3 is 15.8 Å². The van der Waals surface area contributed by atoms with Crippen molar-refractivity contribution in [1.82, 2.24) is 5.32 Å². The van der Waals surface area contributed by atoms with Gasteiger partial charge in [0.25, 0.3) is 0 Å². The van der Waals surface area contributed by atoms with Gasteiger partial charge in [-0.15, -0.1) is 0 Å². The zero-order valence-electron chi connectivity index (χ0n) is 10.2. The Kier molecular flexibility index (Phi) is 6.42. The summed E-state index contributed by atoms with van der Waals surface area (Å²) in [6.45, 7) is 4.32. The summed E-state index contributed by atoms with van der Waals surface area (Å²) in [6, 6.07) is 0. The number of esters is 1. The van der Waals surface area contributed by atoms with Gasteiger partial charge in [-0.2, -0.15) is 0 Å². The second kappa shape index (κ2) is 7.63. The maximum Gasteiger partial charge on any atom is 0.319 e. The third-order valence-corrected chi connectivity index (χ3v) is 3.23. The molecule has 0 aromatic heterocycles. The normalized spacial score (nSPS) is 25.4. The number of ether oxygens (including phenoxy) is 1. The summed E-state index contributed by atoms with van der Waals surface area (Å²) in [5, 5.41) is 3.17. The Balaban J connectivity index is 2.10. The van der Waals surface area contributed by atoms with Gasteiger partial charge in [0.2, 0.25) is 0 Å². The van der Waals surface area contributed by atoms with Crippen LogP contribution in [0, 0.1) is 11.8 Å². The van der Waals surface area contributed by atoms with E-state index in [0.29, 0.717) is 25.0 Å². The van der Waals surface area contributed by atoms with E-state index >= 15 is 0 Å². The van der Waals surface area contributed by atoms with Crippen LogP contribution in [0.25, 0.3) is 0 Å². The average molecular weight is 228 g/mol. The molecule has 0 unspecified atom stereocenters. The van der Waals surface area contributed by atoms with Crippen molar-refractivity contribution in [2.75, 3.05) is 26.2 Å². The van der Waals surface area contributed by atoms with Crippen molar-refractivity contribution < 1.29 is 9.53 Å². The number of nitrogens with two attached hydrogens (primary N) is 1.